The van der Waals surface area contributed by atoms with E-state index in [9.17, 15) is 9.18 Å². The van der Waals surface area contributed by atoms with Gasteiger partial charge in [-0.05, 0) is 32.1 Å². The first-order valence-corrected chi connectivity index (χ1v) is 6.42. The summed E-state index contributed by atoms with van der Waals surface area (Å²) in [6.45, 7) is 5.10. The van der Waals surface area contributed by atoms with Crippen molar-refractivity contribution >= 4 is 17.7 Å². The largest absolute Gasteiger partial charge is 0.478 e. The third-order valence-corrected chi connectivity index (χ3v) is 2.89. The van der Waals surface area contributed by atoms with Gasteiger partial charge in [-0.25, -0.2) is 9.18 Å². The van der Waals surface area contributed by atoms with Gasteiger partial charge in [0.1, 0.15) is 5.82 Å². The molecule has 1 aromatic rings. The molecule has 0 heterocycles. The highest BCUT2D eigenvalue weighted by Crippen LogP contribution is 2.26. The first kappa shape index (κ1) is 16.2. The standard InChI is InChI=1S/C15H20FNO3/c1-11(2)17(9-10-20-3)14-6-4-5-13(16)12(14)7-8-15(18)19/h4-8,11H,9-10H2,1-3H3,(H,18,19)/b8-7+. The van der Waals surface area contributed by atoms with E-state index in [1.165, 1.54) is 12.1 Å². The summed E-state index contributed by atoms with van der Waals surface area (Å²) in [4.78, 5) is 12.6. The maximum Gasteiger partial charge on any atom is 0.328 e. The van der Waals surface area contributed by atoms with E-state index < -0.39 is 11.8 Å². The number of hydrogen-bond donors (Lipinski definition) is 1. The van der Waals surface area contributed by atoms with Crippen molar-refractivity contribution in [1.29, 1.82) is 0 Å². The fourth-order valence-corrected chi connectivity index (χ4v) is 1.94. The zero-order valence-corrected chi connectivity index (χ0v) is 12.0. The Morgan fingerprint density at radius 1 is 1.50 bits per heavy atom. The summed E-state index contributed by atoms with van der Waals surface area (Å²) in [7, 11) is 1.61. The van der Waals surface area contributed by atoms with Crippen molar-refractivity contribution in [3.05, 3.63) is 35.7 Å². The second kappa shape index (κ2) is 7.65. The molecule has 1 rings (SSSR count). The number of halogens is 1. The molecule has 4 nitrogen and oxygen atoms in total. The van der Waals surface area contributed by atoms with Crippen LogP contribution in [0, 0.1) is 5.82 Å². The monoisotopic (exact) mass is 281 g/mol. The molecule has 0 fully saturated rings. The van der Waals surface area contributed by atoms with Gasteiger partial charge in [-0.3, -0.25) is 0 Å². The Balaban J connectivity index is 3.19. The number of carbonyl (C=O) groups is 1. The molecule has 1 N–H and O–H groups in total. The van der Waals surface area contributed by atoms with Gasteiger partial charge in [0.25, 0.3) is 0 Å². The third-order valence-electron chi connectivity index (χ3n) is 2.89. The fraction of sp³-hybridized carbons (Fsp3) is 0.400. The molecule has 0 aliphatic heterocycles. The number of methoxy groups -OCH3 is 1. The summed E-state index contributed by atoms with van der Waals surface area (Å²) in [6.07, 6.45) is 2.23. The molecule has 0 amide bonds. The molecular weight excluding hydrogens is 261 g/mol. The Morgan fingerprint density at radius 2 is 2.20 bits per heavy atom. The summed E-state index contributed by atoms with van der Waals surface area (Å²) in [5, 5.41) is 8.70. The number of carboxylic acids is 1. The van der Waals surface area contributed by atoms with Crippen LogP contribution in [0.5, 0.6) is 0 Å². The van der Waals surface area contributed by atoms with Gasteiger partial charge < -0.3 is 14.7 Å². The van der Waals surface area contributed by atoms with Gasteiger partial charge in [-0.2, -0.15) is 0 Å². The van der Waals surface area contributed by atoms with Crippen LogP contribution in [0.3, 0.4) is 0 Å². The van der Waals surface area contributed by atoms with Gasteiger partial charge in [0.05, 0.1) is 6.61 Å². The zero-order valence-electron chi connectivity index (χ0n) is 12.0. The van der Waals surface area contributed by atoms with Crippen LogP contribution in [0.15, 0.2) is 24.3 Å². The molecule has 0 spiro atoms. The molecule has 5 heteroatoms. The summed E-state index contributed by atoms with van der Waals surface area (Å²) in [6, 6.07) is 4.86. The van der Waals surface area contributed by atoms with Crippen molar-refractivity contribution in [2.45, 2.75) is 19.9 Å². The van der Waals surface area contributed by atoms with Crippen molar-refractivity contribution < 1.29 is 19.0 Å². The Kier molecular flexibility index (Phi) is 6.18. The minimum absolute atomic E-state index is 0.143. The van der Waals surface area contributed by atoms with Gasteiger partial charge in [-0.15, -0.1) is 0 Å². The summed E-state index contributed by atoms with van der Waals surface area (Å²) < 4.78 is 19.0. The maximum absolute atomic E-state index is 13.9. The average molecular weight is 281 g/mol. The molecule has 0 aliphatic rings. The molecule has 0 bridgehead atoms. The van der Waals surface area contributed by atoms with Crippen molar-refractivity contribution in [1.82, 2.24) is 0 Å². The van der Waals surface area contributed by atoms with E-state index >= 15 is 0 Å². The molecular formula is C15H20FNO3. The number of anilines is 1. The van der Waals surface area contributed by atoms with E-state index in [0.29, 0.717) is 18.8 Å². The first-order chi connectivity index (χ1) is 9.47. The van der Waals surface area contributed by atoms with Crippen LogP contribution < -0.4 is 4.90 Å². The molecule has 0 saturated heterocycles. The van der Waals surface area contributed by atoms with E-state index in [1.54, 1.807) is 19.2 Å². The molecule has 0 aromatic heterocycles. The van der Waals surface area contributed by atoms with Crippen LogP contribution in [0.4, 0.5) is 10.1 Å². The smallest absolute Gasteiger partial charge is 0.328 e. The predicted molar refractivity (Wildman–Crippen MR) is 77.4 cm³/mol. The quantitative estimate of drug-likeness (QED) is 0.781. The number of hydrogen-bond acceptors (Lipinski definition) is 3. The number of aliphatic carboxylic acids is 1. The van der Waals surface area contributed by atoms with Crippen molar-refractivity contribution in [2.24, 2.45) is 0 Å². The molecule has 110 valence electrons. The number of carboxylic acid groups (broad SMARTS) is 1. The van der Waals surface area contributed by atoms with Gasteiger partial charge in [0, 0.05) is 37.0 Å². The van der Waals surface area contributed by atoms with Crippen LogP contribution in [0.1, 0.15) is 19.4 Å². The Bertz CT molecular complexity index is 486. The van der Waals surface area contributed by atoms with E-state index in [2.05, 4.69) is 0 Å². The minimum atomic E-state index is -1.10. The van der Waals surface area contributed by atoms with Crippen molar-refractivity contribution in [3.8, 4) is 0 Å². The van der Waals surface area contributed by atoms with E-state index in [0.717, 1.165) is 6.08 Å². The first-order valence-electron chi connectivity index (χ1n) is 6.42. The van der Waals surface area contributed by atoms with Crippen LogP contribution in [-0.2, 0) is 9.53 Å². The van der Waals surface area contributed by atoms with E-state index in [-0.39, 0.29) is 11.6 Å². The van der Waals surface area contributed by atoms with Crippen molar-refractivity contribution in [3.63, 3.8) is 0 Å². The van der Waals surface area contributed by atoms with Crippen molar-refractivity contribution in [2.75, 3.05) is 25.2 Å². The fourth-order valence-electron chi connectivity index (χ4n) is 1.94. The highest BCUT2D eigenvalue weighted by molar-refractivity contribution is 5.87. The maximum atomic E-state index is 13.9. The van der Waals surface area contributed by atoms with Crippen LogP contribution in [0.2, 0.25) is 0 Å². The van der Waals surface area contributed by atoms with E-state index in [4.69, 9.17) is 9.84 Å². The Labute approximate surface area is 118 Å². The number of benzene rings is 1. The lowest BCUT2D eigenvalue weighted by atomic mass is 10.1. The molecule has 0 radical (unpaired) electrons. The molecule has 0 unspecified atom stereocenters. The minimum Gasteiger partial charge on any atom is -0.478 e. The average Bonchev–Trinajstić information content (AvgIpc) is 2.37. The number of rotatable bonds is 7. The molecule has 0 aliphatic carbocycles. The lowest BCUT2D eigenvalue weighted by molar-refractivity contribution is -0.131. The highest BCUT2D eigenvalue weighted by atomic mass is 19.1. The van der Waals surface area contributed by atoms with Gasteiger partial charge in [-0.1, -0.05) is 6.07 Å². The topological polar surface area (TPSA) is 49.8 Å². The van der Waals surface area contributed by atoms with Gasteiger partial charge in [0.15, 0.2) is 0 Å². The normalized spacial score (nSPS) is 11.2. The predicted octanol–water partition coefficient (Wildman–Crippen LogP) is 2.78. The highest BCUT2D eigenvalue weighted by Gasteiger charge is 2.15. The Morgan fingerprint density at radius 3 is 2.75 bits per heavy atom. The number of nitrogens with zero attached hydrogens (tertiary/aromatic N) is 1. The second-order valence-electron chi connectivity index (χ2n) is 4.62. The number of ether oxygens (including phenoxy) is 1. The SMILES string of the molecule is COCCN(c1cccc(F)c1/C=C/C(=O)O)C(C)C. The molecule has 0 atom stereocenters. The Hall–Kier alpha value is -1.88. The lowest BCUT2D eigenvalue weighted by Gasteiger charge is -2.30. The summed E-state index contributed by atoms with van der Waals surface area (Å²) >= 11 is 0. The molecule has 20 heavy (non-hydrogen) atoms. The lowest BCUT2D eigenvalue weighted by Crippen LogP contribution is -2.34. The van der Waals surface area contributed by atoms with Gasteiger partial charge in [0.2, 0.25) is 0 Å². The van der Waals surface area contributed by atoms with Crippen LogP contribution >= 0.6 is 0 Å². The third kappa shape index (κ3) is 4.35. The summed E-state index contributed by atoms with van der Waals surface area (Å²) in [5.74, 6) is -1.55. The second-order valence-corrected chi connectivity index (χ2v) is 4.62. The van der Waals surface area contributed by atoms with E-state index in [1.807, 2.05) is 18.7 Å². The van der Waals surface area contributed by atoms with Crippen LogP contribution in [0.25, 0.3) is 6.08 Å². The molecule has 0 saturated carbocycles. The zero-order chi connectivity index (χ0) is 15.1. The van der Waals surface area contributed by atoms with Crippen LogP contribution in [-0.4, -0.2) is 37.4 Å². The molecule has 1 aromatic carbocycles. The summed E-state index contributed by atoms with van der Waals surface area (Å²) in [5.41, 5.74) is 0.939. The van der Waals surface area contributed by atoms with Gasteiger partial charge >= 0.3 is 5.97 Å².